The summed E-state index contributed by atoms with van der Waals surface area (Å²) in [7, 11) is 3.18. The van der Waals surface area contributed by atoms with Crippen LogP contribution in [0.2, 0.25) is 5.02 Å². The van der Waals surface area contributed by atoms with E-state index in [9.17, 15) is 4.79 Å². The summed E-state index contributed by atoms with van der Waals surface area (Å²) in [5.74, 6) is 1.38. The largest absolute Gasteiger partial charge is 0.493 e. The Labute approximate surface area is 172 Å². The van der Waals surface area contributed by atoms with E-state index in [1.54, 1.807) is 38.5 Å². The van der Waals surface area contributed by atoms with E-state index in [0.29, 0.717) is 32.9 Å². The van der Waals surface area contributed by atoms with Crippen molar-refractivity contribution in [3.63, 3.8) is 0 Å². The van der Waals surface area contributed by atoms with Gasteiger partial charge in [0, 0.05) is 16.3 Å². The van der Waals surface area contributed by atoms with Crippen LogP contribution in [-0.2, 0) is 4.79 Å². The lowest BCUT2D eigenvalue weighted by atomic mass is 10.1. The molecular formula is C20H18ClN3O3S. The van der Waals surface area contributed by atoms with Crippen molar-refractivity contribution in [2.24, 2.45) is 0 Å². The van der Waals surface area contributed by atoms with Crippen molar-refractivity contribution in [2.75, 3.05) is 25.3 Å². The Bertz CT molecular complexity index is 950. The average Bonchev–Trinajstić information content (AvgIpc) is 2.73. The van der Waals surface area contributed by atoms with Gasteiger partial charge in [-0.15, -0.1) is 10.2 Å². The number of nitrogens with zero attached hydrogens (tertiary/aromatic N) is 2. The minimum Gasteiger partial charge on any atom is -0.493 e. The number of carbonyl (C=O) groups is 1. The molecule has 0 spiro atoms. The summed E-state index contributed by atoms with van der Waals surface area (Å²) >= 11 is 7.15. The fourth-order valence-corrected chi connectivity index (χ4v) is 3.16. The van der Waals surface area contributed by atoms with Crippen molar-refractivity contribution in [3.8, 4) is 22.8 Å². The molecule has 2 aromatic carbocycles. The molecule has 1 aromatic heterocycles. The number of methoxy groups -OCH3 is 2. The van der Waals surface area contributed by atoms with E-state index in [0.717, 1.165) is 5.56 Å². The summed E-state index contributed by atoms with van der Waals surface area (Å²) in [6, 6.07) is 16.2. The fourth-order valence-electron chi connectivity index (χ4n) is 2.42. The van der Waals surface area contributed by atoms with Gasteiger partial charge in [0.25, 0.3) is 0 Å². The summed E-state index contributed by atoms with van der Waals surface area (Å²) < 4.78 is 10.6. The number of nitrogens with one attached hydrogen (secondary N) is 1. The molecule has 0 unspecified atom stereocenters. The average molecular weight is 416 g/mol. The van der Waals surface area contributed by atoms with Crippen LogP contribution < -0.4 is 14.8 Å². The molecular weight excluding hydrogens is 398 g/mol. The smallest absolute Gasteiger partial charge is 0.234 e. The molecule has 0 aliphatic rings. The molecule has 0 aliphatic heterocycles. The van der Waals surface area contributed by atoms with Crippen LogP contribution in [0.25, 0.3) is 11.3 Å². The van der Waals surface area contributed by atoms with Crippen LogP contribution in [0.3, 0.4) is 0 Å². The first kappa shape index (κ1) is 20.0. The van der Waals surface area contributed by atoms with Crippen LogP contribution in [0.5, 0.6) is 11.5 Å². The van der Waals surface area contributed by atoms with E-state index in [1.165, 1.54) is 11.8 Å². The number of amides is 1. The second-order valence-corrected chi connectivity index (χ2v) is 7.10. The van der Waals surface area contributed by atoms with Gasteiger partial charge in [-0.25, -0.2) is 0 Å². The van der Waals surface area contributed by atoms with Crippen LogP contribution in [0.1, 0.15) is 0 Å². The molecule has 6 nitrogen and oxygen atoms in total. The maximum absolute atomic E-state index is 12.1. The first-order valence-corrected chi connectivity index (χ1v) is 9.70. The molecule has 8 heteroatoms. The molecule has 0 saturated heterocycles. The summed E-state index contributed by atoms with van der Waals surface area (Å²) in [6.07, 6.45) is 0. The Morgan fingerprint density at radius 1 is 1.00 bits per heavy atom. The summed E-state index contributed by atoms with van der Waals surface area (Å²) in [6.45, 7) is 0. The molecule has 1 heterocycles. The second-order valence-electron chi connectivity index (χ2n) is 5.67. The molecule has 0 fully saturated rings. The Hall–Kier alpha value is -2.77. The molecule has 1 amide bonds. The molecule has 0 atom stereocenters. The number of anilines is 1. The highest BCUT2D eigenvalue weighted by molar-refractivity contribution is 7.99. The quantitative estimate of drug-likeness (QED) is 0.571. The lowest BCUT2D eigenvalue weighted by Crippen LogP contribution is -2.14. The summed E-state index contributed by atoms with van der Waals surface area (Å²) in [5, 5.41) is 12.5. The van der Waals surface area contributed by atoms with E-state index in [-0.39, 0.29) is 11.7 Å². The van der Waals surface area contributed by atoms with Crippen LogP contribution in [0.4, 0.5) is 5.69 Å². The topological polar surface area (TPSA) is 73.3 Å². The van der Waals surface area contributed by atoms with Gasteiger partial charge in [-0.1, -0.05) is 23.4 Å². The number of rotatable bonds is 7. The van der Waals surface area contributed by atoms with E-state index in [1.807, 2.05) is 30.3 Å². The van der Waals surface area contributed by atoms with Gasteiger partial charge in [0.15, 0.2) is 11.5 Å². The third kappa shape index (κ3) is 5.15. The van der Waals surface area contributed by atoms with Crippen molar-refractivity contribution in [1.82, 2.24) is 10.2 Å². The number of aromatic nitrogens is 2. The third-order valence-corrected chi connectivity index (χ3v) is 4.97. The van der Waals surface area contributed by atoms with Crippen LogP contribution >= 0.6 is 23.4 Å². The molecule has 0 saturated carbocycles. The predicted molar refractivity (Wildman–Crippen MR) is 111 cm³/mol. The lowest BCUT2D eigenvalue weighted by Gasteiger charge is -2.09. The number of benzene rings is 2. The van der Waals surface area contributed by atoms with Crippen molar-refractivity contribution < 1.29 is 14.3 Å². The minimum atomic E-state index is -0.127. The first-order chi connectivity index (χ1) is 13.6. The molecule has 0 radical (unpaired) electrons. The highest BCUT2D eigenvalue weighted by Crippen LogP contribution is 2.31. The van der Waals surface area contributed by atoms with E-state index >= 15 is 0 Å². The molecule has 3 aromatic rings. The zero-order valence-corrected chi connectivity index (χ0v) is 16.9. The molecule has 3 rings (SSSR count). The van der Waals surface area contributed by atoms with Gasteiger partial charge >= 0.3 is 0 Å². The third-order valence-electron chi connectivity index (χ3n) is 3.80. The van der Waals surface area contributed by atoms with Gasteiger partial charge < -0.3 is 14.8 Å². The highest BCUT2D eigenvalue weighted by Gasteiger charge is 2.09. The van der Waals surface area contributed by atoms with Crippen LogP contribution in [0, 0.1) is 0 Å². The molecule has 0 aliphatic carbocycles. The highest BCUT2D eigenvalue weighted by atomic mass is 35.5. The number of ether oxygens (including phenoxy) is 2. The Morgan fingerprint density at radius 2 is 1.75 bits per heavy atom. The Balaban J connectivity index is 1.60. The van der Waals surface area contributed by atoms with E-state index in [4.69, 9.17) is 21.1 Å². The van der Waals surface area contributed by atoms with Crippen molar-refractivity contribution in [2.45, 2.75) is 5.03 Å². The Kier molecular flexibility index (Phi) is 6.73. The summed E-state index contributed by atoms with van der Waals surface area (Å²) in [5.41, 5.74) is 2.27. The van der Waals surface area contributed by atoms with Crippen LogP contribution in [0.15, 0.2) is 59.6 Å². The van der Waals surface area contributed by atoms with Crippen molar-refractivity contribution >= 4 is 35.0 Å². The number of halogens is 1. The molecule has 144 valence electrons. The second kappa shape index (κ2) is 9.43. The van der Waals surface area contributed by atoms with Crippen LogP contribution in [-0.4, -0.2) is 36.1 Å². The monoisotopic (exact) mass is 415 g/mol. The maximum atomic E-state index is 12.1. The van der Waals surface area contributed by atoms with Gasteiger partial charge in [0.2, 0.25) is 5.91 Å². The fraction of sp³-hybridized carbons (Fsp3) is 0.150. The normalized spacial score (nSPS) is 10.4. The predicted octanol–water partition coefficient (Wildman–Crippen LogP) is 4.55. The standard InChI is InChI=1S/C20H18ClN3O3S/c1-26-17-9-3-13(11-18(17)27-2)16-8-10-20(24-23-16)28-12-19(25)22-15-6-4-14(21)5-7-15/h3-11H,12H2,1-2H3,(H,22,25). The number of hydrogen-bond acceptors (Lipinski definition) is 6. The zero-order chi connectivity index (χ0) is 19.9. The van der Waals surface area contributed by atoms with Crippen molar-refractivity contribution in [3.05, 3.63) is 59.6 Å². The number of thioether (sulfide) groups is 1. The molecule has 1 N–H and O–H groups in total. The molecule has 0 bridgehead atoms. The van der Waals surface area contributed by atoms with Gasteiger partial charge in [-0.3, -0.25) is 4.79 Å². The SMILES string of the molecule is COc1ccc(-c2ccc(SCC(=O)Nc3ccc(Cl)cc3)nn2)cc1OC. The van der Waals surface area contributed by atoms with Crippen molar-refractivity contribution in [1.29, 1.82) is 0 Å². The number of carbonyl (C=O) groups excluding carboxylic acids is 1. The summed E-state index contributed by atoms with van der Waals surface area (Å²) in [4.78, 5) is 12.1. The van der Waals surface area contributed by atoms with Gasteiger partial charge in [-0.2, -0.15) is 0 Å². The van der Waals surface area contributed by atoms with E-state index < -0.39 is 0 Å². The zero-order valence-electron chi connectivity index (χ0n) is 15.3. The van der Waals surface area contributed by atoms with E-state index in [2.05, 4.69) is 15.5 Å². The molecule has 28 heavy (non-hydrogen) atoms. The van der Waals surface area contributed by atoms with Gasteiger partial charge in [0.05, 0.1) is 25.7 Å². The van der Waals surface area contributed by atoms with Gasteiger partial charge in [-0.05, 0) is 54.6 Å². The Morgan fingerprint density at radius 3 is 2.39 bits per heavy atom. The number of hydrogen-bond donors (Lipinski definition) is 1. The first-order valence-electron chi connectivity index (χ1n) is 8.33. The maximum Gasteiger partial charge on any atom is 0.234 e. The lowest BCUT2D eigenvalue weighted by molar-refractivity contribution is -0.113. The van der Waals surface area contributed by atoms with Gasteiger partial charge in [0.1, 0.15) is 5.03 Å². The minimum absolute atomic E-state index is 0.127.